The van der Waals surface area contributed by atoms with E-state index in [1.807, 2.05) is 0 Å². The Morgan fingerprint density at radius 3 is 2.52 bits per heavy atom. The van der Waals surface area contributed by atoms with Crippen LogP contribution in [0.25, 0.3) is 0 Å². The first kappa shape index (κ1) is 21.2. The maximum atomic E-state index is 13.8. The van der Waals surface area contributed by atoms with Crippen LogP contribution in [0.15, 0.2) is 41.3 Å². The van der Waals surface area contributed by atoms with Crippen molar-refractivity contribution in [3.05, 3.63) is 53.6 Å². The minimum atomic E-state index is -3.82. The molecule has 1 saturated heterocycles. The van der Waals surface area contributed by atoms with Gasteiger partial charge in [-0.15, -0.1) is 0 Å². The van der Waals surface area contributed by atoms with Crippen molar-refractivity contribution in [1.82, 2.24) is 4.31 Å². The second kappa shape index (κ2) is 8.46. The fourth-order valence-electron chi connectivity index (χ4n) is 3.38. The third-order valence-corrected chi connectivity index (χ3v) is 6.83. The van der Waals surface area contributed by atoms with Crippen molar-refractivity contribution in [2.45, 2.75) is 24.7 Å². The number of methoxy groups -OCH3 is 1. The molecule has 1 N–H and O–H groups in total. The topological polar surface area (TPSA) is 75.7 Å². The van der Waals surface area contributed by atoms with Crippen LogP contribution in [0, 0.1) is 24.5 Å². The lowest BCUT2D eigenvalue weighted by atomic mass is 9.98. The van der Waals surface area contributed by atoms with Crippen molar-refractivity contribution in [3.8, 4) is 5.75 Å². The van der Waals surface area contributed by atoms with Gasteiger partial charge in [-0.2, -0.15) is 4.31 Å². The molecule has 3 rings (SSSR count). The van der Waals surface area contributed by atoms with Crippen LogP contribution in [0.1, 0.15) is 18.4 Å². The van der Waals surface area contributed by atoms with E-state index in [9.17, 15) is 22.0 Å². The summed E-state index contributed by atoms with van der Waals surface area (Å²) in [7, 11) is -2.31. The second-order valence-corrected chi connectivity index (χ2v) is 8.86. The van der Waals surface area contributed by atoms with E-state index in [0.717, 1.165) is 12.1 Å². The van der Waals surface area contributed by atoms with Gasteiger partial charge in [0.2, 0.25) is 15.9 Å². The molecule has 0 radical (unpaired) electrons. The molecule has 1 amide bonds. The predicted molar refractivity (Wildman–Crippen MR) is 104 cm³/mol. The molecule has 1 aliphatic rings. The van der Waals surface area contributed by atoms with Gasteiger partial charge in [0.1, 0.15) is 23.1 Å². The summed E-state index contributed by atoms with van der Waals surface area (Å²) < 4.78 is 60.0. The summed E-state index contributed by atoms with van der Waals surface area (Å²) in [5.74, 6) is -2.51. The van der Waals surface area contributed by atoms with Crippen LogP contribution in [0.4, 0.5) is 14.5 Å². The number of anilines is 1. The highest BCUT2D eigenvalue weighted by Gasteiger charge is 2.34. The van der Waals surface area contributed by atoms with Crippen LogP contribution in [0.2, 0.25) is 0 Å². The Kier molecular flexibility index (Phi) is 6.18. The van der Waals surface area contributed by atoms with Crippen LogP contribution >= 0.6 is 0 Å². The average molecular weight is 424 g/mol. The van der Waals surface area contributed by atoms with Gasteiger partial charge >= 0.3 is 0 Å². The van der Waals surface area contributed by atoms with Crippen LogP contribution in [-0.4, -0.2) is 38.8 Å². The number of aryl methyl sites for hydroxylation is 1. The lowest BCUT2D eigenvalue weighted by molar-refractivity contribution is -0.120. The zero-order valence-corrected chi connectivity index (χ0v) is 16.9. The number of amides is 1. The summed E-state index contributed by atoms with van der Waals surface area (Å²) in [6, 6.07) is 7.85. The highest BCUT2D eigenvalue weighted by molar-refractivity contribution is 7.89. The molecule has 0 unspecified atom stereocenters. The minimum absolute atomic E-state index is 0.0602. The lowest BCUT2D eigenvalue weighted by Crippen LogP contribution is -2.43. The Morgan fingerprint density at radius 1 is 1.21 bits per heavy atom. The summed E-state index contributed by atoms with van der Waals surface area (Å²) in [5.41, 5.74) is 0.151. The molecular weight excluding hydrogens is 402 g/mol. The number of nitrogens with one attached hydrogen (secondary N) is 1. The molecule has 0 spiro atoms. The van der Waals surface area contributed by atoms with Crippen molar-refractivity contribution in [2.24, 2.45) is 5.92 Å². The predicted octanol–water partition coefficient (Wildman–Crippen LogP) is 3.32. The second-order valence-electron chi connectivity index (χ2n) is 6.92. The minimum Gasteiger partial charge on any atom is -0.496 e. The molecule has 1 fully saturated rings. The molecule has 2 aromatic rings. The van der Waals surface area contributed by atoms with E-state index in [-0.39, 0.29) is 18.0 Å². The maximum absolute atomic E-state index is 13.8. The zero-order chi connectivity index (χ0) is 21.2. The highest BCUT2D eigenvalue weighted by Crippen LogP contribution is 2.28. The van der Waals surface area contributed by atoms with E-state index < -0.39 is 39.2 Å². The normalized spacial score (nSPS) is 17.7. The Hall–Kier alpha value is -2.52. The summed E-state index contributed by atoms with van der Waals surface area (Å²) in [4.78, 5) is 12.6. The zero-order valence-electron chi connectivity index (χ0n) is 16.1. The number of hydrogen-bond acceptors (Lipinski definition) is 4. The molecule has 2 aromatic carbocycles. The molecule has 0 aromatic heterocycles. The number of hydrogen-bond donors (Lipinski definition) is 1. The number of benzene rings is 2. The van der Waals surface area contributed by atoms with E-state index in [4.69, 9.17) is 4.74 Å². The first-order valence-corrected chi connectivity index (χ1v) is 10.6. The van der Waals surface area contributed by atoms with Crippen LogP contribution in [0.3, 0.4) is 0 Å². The van der Waals surface area contributed by atoms with Gasteiger partial charge in [0.25, 0.3) is 0 Å². The molecule has 1 heterocycles. The number of carbonyl (C=O) groups is 1. The smallest absolute Gasteiger partial charge is 0.243 e. The molecule has 0 aliphatic carbocycles. The number of carbonyl (C=O) groups excluding carboxylic acids is 1. The number of rotatable bonds is 5. The van der Waals surface area contributed by atoms with Crippen LogP contribution in [0.5, 0.6) is 5.75 Å². The van der Waals surface area contributed by atoms with Gasteiger partial charge in [-0.05, 0) is 55.7 Å². The van der Waals surface area contributed by atoms with Gasteiger partial charge < -0.3 is 10.1 Å². The molecule has 1 atom stereocenters. The molecule has 0 bridgehead atoms. The van der Waals surface area contributed by atoms with Crippen LogP contribution < -0.4 is 10.1 Å². The third-order valence-electron chi connectivity index (χ3n) is 4.97. The molecule has 29 heavy (non-hydrogen) atoms. The largest absolute Gasteiger partial charge is 0.496 e. The fraction of sp³-hybridized carbons (Fsp3) is 0.350. The highest BCUT2D eigenvalue weighted by atomic mass is 32.2. The van der Waals surface area contributed by atoms with Gasteiger partial charge in [0, 0.05) is 13.1 Å². The number of halogens is 2. The SMILES string of the molecule is COc1ccc(S(=O)(=O)N2CCC[C@@H](C(=O)Nc3c(F)cccc3F)C2)cc1C. The summed E-state index contributed by atoms with van der Waals surface area (Å²) >= 11 is 0. The lowest BCUT2D eigenvalue weighted by Gasteiger charge is -2.31. The first-order valence-electron chi connectivity index (χ1n) is 9.13. The van der Waals surface area contributed by atoms with Gasteiger partial charge in [0.05, 0.1) is 17.9 Å². The summed E-state index contributed by atoms with van der Waals surface area (Å²) in [6.07, 6.45) is 0.891. The van der Waals surface area contributed by atoms with E-state index in [1.54, 1.807) is 13.0 Å². The first-order chi connectivity index (χ1) is 13.7. The third kappa shape index (κ3) is 4.40. The average Bonchev–Trinajstić information content (AvgIpc) is 2.70. The number of piperidine rings is 1. The molecule has 9 heteroatoms. The number of sulfonamides is 1. The Labute approximate surface area is 168 Å². The van der Waals surface area contributed by atoms with Crippen molar-refractivity contribution in [3.63, 3.8) is 0 Å². The Bertz CT molecular complexity index is 1010. The fourth-order valence-corrected chi connectivity index (χ4v) is 4.99. The summed E-state index contributed by atoms with van der Waals surface area (Å²) in [5, 5.41) is 2.26. The van der Waals surface area contributed by atoms with Gasteiger partial charge in [0.15, 0.2) is 0 Å². The van der Waals surface area contributed by atoms with Gasteiger partial charge in [-0.3, -0.25) is 4.79 Å². The Morgan fingerprint density at radius 2 is 1.90 bits per heavy atom. The summed E-state index contributed by atoms with van der Waals surface area (Å²) in [6.45, 7) is 1.95. The van der Waals surface area contributed by atoms with Gasteiger partial charge in [-0.1, -0.05) is 6.07 Å². The van der Waals surface area contributed by atoms with E-state index in [1.165, 1.54) is 29.6 Å². The Balaban J connectivity index is 1.77. The van der Waals surface area contributed by atoms with E-state index >= 15 is 0 Å². The molecule has 1 aliphatic heterocycles. The molecule has 0 saturated carbocycles. The van der Waals surface area contributed by atoms with Gasteiger partial charge in [-0.25, -0.2) is 17.2 Å². The van der Waals surface area contributed by atoms with Crippen molar-refractivity contribution in [1.29, 1.82) is 0 Å². The molecular formula is C20H22F2N2O4S. The van der Waals surface area contributed by atoms with E-state index in [0.29, 0.717) is 24.2 Å². The van der Waals surface area contributed by atoms with Crippen LogP contribution in [-0.2, 0) is 14.8 Å². The number of para-hydroxylation sites is 1. The number of nitrogens with zero attached hydrogens (tertiary/aromatic N) is 1. The molecule has 6 nitrogen and oxygen atoms in total. The standard InChI is InChI=1S/C20H22F2N2O4S/c1-13-11-15(8-9-18(13)28-2)29(26,27)24-10-4-5-14(12-24)20(25)23-19-16(21)6-3-7-17(19)22/h3,6-9,11,14H,4-5,10,12H2,1-2H3,(H,23,25)/t14-/m1/s1. The number of ether oxygens (including phenoxy) is 1. The maximum Gasteiger partial charge on any atom is 0.243 e. The van der Waals surface area contributed by atoms with Crippen molar-refractivity contribution in [2.75, 3.05) is 25.5 Å². The van der Waals surface area contributed by atoms with Crippen molar-refractivity contribution < 1.29 is 26.7 Å². The quantitative estimate of drug-likeness (QED) is 0.799. The van der Waals surface area contributed by atoms with Crippen molar-refractivity contribution >= 4 is 21.6 Å². The van der Waals surface area contributed by atoms with E-state index in [2.05, 4.69) is 5.32 Å². The monoisotopic (exact) mass is 424 g/mol. The molecule has 156 valence electrons.